The minimum absolute atomic E-state index is 0.239. The number of halogens is 1. The second-order valence-corrected chi connectivity index (χ2v) is 11.1. The molecule has 0 atom stereocenters. The third kappa shape index (κ3) is 7.36. The van der Waals surface area contributed by atoms with E-state index in [0.717, 1.165) is 27.2 Å². The molecule has 0 aromatic heterocycles. The van der Waals surface area contributed by atoms with E-state index < -0.39 is 17.8 Å². The zero-order chi connectivity index (χ0) is 32.1. The predicted octanol–water partition coefficient (Wildman–Crippen LogP) is 7.49. The highest BCUT2D eigenvalue weighted by molar-refractivity contribution is 6.39. The summed E-state index contributed by atoms with van der Waals surface area (Å²) in [5, 5.41) is 2.49. The highest BCUT2D eigenvalue weighted by Crippen LogP contribution is 2.38. The highest BCUT2D eigenvalue weighted by Gasteiger charge is 2.37. The molecule has 9 heteroatoms. The fourth-order valence-electron chi connectivity index (χ4n) is 4.72. The number of carbonyl (C=O) groups excluding carboxylic acids is 3. The summed E-state index contributed by atoms with van der Waals surface area (Å²) < 4.78 is 17.7. The van der Waals surface area contributed by atoms with E-state index in [1.54, 1.807) is 36.4 Å². The van der Waals surface area contributed by atoms with Gasteiger partial charge in [0.2, 0.25) is 0 Å². The quantitative estimate of drug-likeness (QED) is 0.145. The Labute approximate surface area is 267 Å². The summed E-state index contributed by atoms with van der Waals surface area (Å²) in [5.41, 5.74) is 5.95. The van der Waals surface area contributed by atoms with E-state index in [9.17, 15) is 14.4 Å². The number of urea groups is 1. The molecule has 1 aliphatic rings. The second kappa shape index (κ2) is 13.7. The molecule has 5 rings (SSSR count). The molecule has 0 spiro atoms. The summed E-state index contributed by atoms with van der Waals surface area (Å²) in [6.45, 7) is 8.90. The number of nitrogens with one attached hydrogen (secondary N) is 1. The Morgan fingerprint density at radius 1 is 0.778 bits per heavy atom. The molecule has 0 unspecified atom stereocenters. The molecule has 1 heterocycles. The predicted molar refractivity (Wildman–Crippen MR) is 174 cm³/mol. The molecule has 4 aromatic rings. The number of carbonyl (C=O) groups is 3. The van der Waals surface area contributed by atoms with Crippen LogP contribution in [0.5, 0.6) is 17.2 Å². The molecular weight excluding hydrogens is 592 g/mol. The summed E-state index contributed by atoms with van der Waals surface area (Å²) in [6, 6.07) is 22.9. The van der Waals surface area contributed by atoms with Crippen molar-refractivity contribution in [3.63, 3.8) is 0 Å². The Kier molecular flexibility index (Phi) is 9.54. The molecule has 1 aliphatic heterocycles. The lowest BCUT2D eigenvalue weighted by Crippen LogP contribution is -2.54. The molecule has 0 aliphatic carbocycles. The molecule has 4 amide bonds. The van der Waals surface area contributed by atoms with Crippen LogP contribution in [0, 0.1) is 20.8 Å². The first-order valence-electron chi connectivity index (χ1n) is 14.5. The molecule has 0 bridgehead atoms. The van der Waals surface area contributed by atoms with Gasteiger partial charge in [0.25, 0.3) is 11.8 Å². The number of ether oxygens (including phenoxy) is 3. The Bertz CT molecular complexity index is 1780. The van der Waals surface area contributed by atoms with Crippen molar-refractivity contribution in [2.24, 2.45) is 0 Å². The minimum atomic E-state index is -0.849. The fraction of sp³-hybridized carbons (Fsp3) is 0.194. The SMILES string of the molecule is CCOc1cc(/C=C2\C(=O)NC(=O)N(c3ccc(OCc4ccc(C)cc4)cc3)C2=O)cc(Cl)c1OCc1ccc(C)c(C)c1. The van der Waals surface area contributed by atoms with E-state index in [-0.39, 0.29) is 22.9 Å². The Hall–Kier alpha value is -5.08. The van der Waals surface area contributed by atoms with Crippen LogP contribution in [0.1, 0.15) is 40.3 Å². The lowest BCUT2D eigenvalue weighted by molar-refractivity contribution is -0.122. The summed E-state index contributed by atoms with van der Waals surface area (Å²) in [4.78, 5) is 40.0. The number of anilines is 1. The Morgan fingerprint density at radius 3 is 2.16 bits per heavy atom. The molecule has 0 radical (unpaired) electrons. The van der Waals surface area contributed by atoms with Crippen LogP contribution in [0.15, 0.2) is 84.4 Å². The van der Waals surface area contributed by atoms with Gasteiger partial charge in [0.15, 0.2) is 11.5 Å². The number of hydrogen-bond acceptors (Lipinski definition) is 6. The molecule has 1 fully saturated rings. The topological polar surface area (TPSA) is 94.2 Å². The number of nitrogens with zero attached hydrogens (tertiary/aromatic N) is 1. The van der Waals surface area contributed by atoms with Crippen molar-refractivity contribution in [3.05, 3.63) is 123 Å². The summed E-state index contributed by atoms with van der Waals surface area (Å²) in [5.74, 6) is -0.322. The van der Waals surface area contributed by atoms with Crippen molar-refractivity contribution >= 4 is 41.2 Å². The van der Waals surface area contributed by atoms with E-state index in [2.05, 4.69) is 11.4 Å². The van der Waals surface area contributed by atoms with Crippen LogP contribution in [-0.2, 0) is 22.8 Å². The van der Waals surface area contributed by atoms with E-state index in [1.807, 2.05) is 64.1 Å². The molecule has 0 saturated carbocycles. The van der Waals surface area contributed by atoms with Crippen LogP contribution in [0.25, 0.3) is 6.08 Å². The number of imide groups is 2. The third-order valence-corrected chi connectivity index (χ3v) is 7.60. The summed E-state index contributed by atoms with van der Waals surface area (Å²) in [6.07, 6.45) is 1.37. The number of benzene rings is 4. The maximum atomic E-state index is 13.5. The van der Waals surface area contributed by atoms with Crippen LogP contribution < -0.4 is 24.4 Å². The molecule has 4 aromatic carbocycles. The average Bonchev–Trinajstić information content (AvgIpc) is 3.01. The first kappa shape index (κ1) is 31.3. The number of barbiturate groups is 1. The van der Waals surface area contributed by atoms with Crippen LogP contribution >= 0.6 is 11.6 Å². The number of rotatable bonds is 10. The van der Waals surface area contributed by atoms with Crippen LogP contribution in [-0.4, -0.2) is 24.5 Å². The molecule has 230 valence electrons. The Morgan fingerprint density at radius 2 is 1.47 bits per heavy atom. The monoisotopic (exact) mass is 624 g/mol. The highest BCUT2D eigenvalue weighted by atomic mass is 35.5. The van der Waals surface area contributed by atoms with Gasteiger partial charge in [-0.3, -0.25) is 14.9 Å². The van der Waals surface area contributed by atoms with Gasteiger partial charge in [0.05, 0.1) is 17.3 Å². The van der Waals surface area contributed by atoms with Crippen LogP contribution in [0.4, 0.5) is 10.5 Å². The summed E-state index contributed by atoms with van der Waals surface area (Å²) in [7, 11) is 0. The van der Waals surface area contributed by atoms with Gasteiger partial charge in [-0.1, -0.05) is 59.6 Å². The van der Waals surface area contributed by atoms with Crippen molar-refractivity contribution in [2.75, 3.05) is 11.5 Å². The normalized spacial score (nSPS) is 14.0. The maximum absolute atomic E-state index is 13.5. The molecule has 1 saturated heterocycles. The van der Waals surface area contributed by atoms with Crippen LogP contribution in [0.2, 0.25) is 5.02 Å². The van der Waals surface area contributed by atoms with Gasteiger partial charge in [-0.25, -0.2) is 9.69 Å². The van der Waals surface area contributed by atoms with Crippen molar-refractivity contribution in [3.8, 4) is 17.2 Å². The molecule has 1 N–H and O–H groups in total. The number of amides is 4. The van der Waals surface area contributed by atoms with Crippen LogP contribution in [0.3, 0.4) is 0 Å². The smallest absolute Gasteiger partial charge is 0.335 e. The van der Waals surface area contributed by atoms with E-state index in [4.69, 9.17) is 25.8 Å². The zero-order valence-electron chi connectivity index (χ0n) is 25.5. The third-order valence-electron chi connectivity index (χ3n) is 7.32. The Balaban J connectivity index is 1.35. The first-order chi connectivity index (χ1) is 21.6. The van der Waals surface area contributed by atoms with Crippen molar-refractivity contribution in [1.82, 2.24) is 5.32 Å². The molecule has 45 heavy (non-hydrogen) atoms. The van der Waals surface area contributed by atoms with Gasteiger partial charge < -0.3 is 14.2 Å². The van der Waals surface area contributed by atoms with Crippen molar-refractivity contribution < 1.29 is 28.6 Å². The van der Waals surface area contributed by atoms with Gasteiger partial charge in [-0.05, 0) is 98.0 Å². The zero-order valence-corrected chi connectivity index (χ0v) is 26.2. The molecule has 8 nitrogen and oxygen atoms in total. The first-order valence-corrected chi connectivity index (χ1v) is 14.9. The van der Waals surface area contributed by atoms with Gasteiger partial charge in [0.1, 0.15) is 24.5 Å². The maximum Gasteiger partial charge on any atom is 0.335 e. The lowest BCUT2D eigenvalue weighted by atomic mass is 10.1. The molecular formula is C36H33ClN2O6. The fourth-order valence-corrected chi connectivity index (χ4v) is 5.00. The van der Waals surface area contributed by atoms with Crippen molar-refractivity contribution in [1.29, 1.82) is 0 Å². The average molecular weight is 625 g/mol. The lowest BCUT2D eigenvalue weighted by Gasteiger charge is -2.26. The number of aryl methyl sites for hydroxylation is 3. The van der Waals surface area contributed by atoms with Crippen molar-refractivity contribution in [2.45, 2.75) is 40.9 Å². The van der Waals surface area contributed by atoms with E-state index in [1.165, 1.54) is 11.6 Å². The standard InChI is InChI=1S/C36H33ClN2O6/c1-5-43-32-19-27(18-31(37)33(32)45-21-26-11-8-23(3)24(4)16-26)17-30-34(40)38-36(42)39(35(30)41)28-12-14-29(15-13-28)44-20-25-9-6-22(2)7-10-25/h6-19H,5,20-21H2,1-4H3,(H,38,40,42)/b30-17+. The van der Waals surface area contributed by atoms with Gasteiger partial charge >= 0.3 is 6.03 Å². The van der Waals surface area contributed by atoms with Gasteiger partial charge in [-0.15, -0.1) is 0 Å². The van der Waals surface area contributed by atoms with Gasteiger partial charge in [0, 0.05) is 0 Å². The number of hydrogen-bond donors (Lipinski definition) is 1. The van der Waals surface area contributed by atoms with Gasteiger partial charge in [-0.2, -0.15) is 0 Å². The van der Waals surface area contributed by atoms with E-state index >= 15 is 0 Å². The second-order valence-electron chi connectivity index (χ2n) is 10.7. The minimum Gasteiger partial charge on any atom is -0.490 e. The van der Waals surface area contributed by atoms with E-state index in [0.29, 0.717) is 36.0 Å². The largest absolute Gasteiger partial charge is 0.490 e. The summed E-state index contributed by atoms with van der Waals surface area (Å²) >= 11 is 6.62.